The van der Waals surface area contributed by atoms with E-state index in [9.17, 15) is 15.2 Å². The first kappa shape index (κ1) is 11.9. The van der Waals surface area contributed by atoms with Gasteiger partial charge in [0.1, 0.15) is 5.69 Å². The standard InChI is InChI=1S/C12H16N2O3/c15-12-8-4-2-6-10(12)13-9-5-1-3-7-11(9)14(16)17/h1,3,5,7,10,12-13,15H,2,4,6,8H2/t10-,12-/m0/s1. The number of para-hydroxylation sites is 2. The summed E-state index contributed by atoms with van der Waals surface area (Å²) in [6.07, 6.45) is 3.28. The van der Waals surface area contributed by atoms with Gasteiger partial charge in [-0.1, -0.05) is 25.0 Å². The normalized spacial score (nSPS) is 24.3. The van der Waals surface area contributed by atoms with Gasteiger partial charge < -0.3 is 10.4 Å². The maximum atomic E-state index is 10.8. The topological polar surface area (TPSA) is 75.4 Å². The highest BCUT2D eigenvalue weighted by Gasteiger charge is 2.24. The molecule has 0 unspecified atom stereocenters. The lowest BCUT2D eigenvalue weighted by Crippen LogP contribution is -2.36. The molecule has 0 radical (unpaired) electrons. The van der Waals surface area contributed by atoms with Gasteiger partial charge in [0, 0.05) is 6.07 Å². The molecule has 1 fully saturated rings. The summed E-state index contributed by atoms with van der Waals surface area (Å²) in [7, 11) is 0. The average molecular weight is 236 g/mol. The lowest BCUT2D eigenvalue weighted by atomic mass is 9.92. The zero-order valence-electron chi connectivity index (χ0n) is 9.50. The van der Waals surface area contributed by atoms with Crippen LogP contribution in [0.5, 0.6) is 0 Å². The molecule has 1 aliphatic rings. The van der Waals surface area contributed by atoms with E-state index in [0.29, 0.717) is 5.69 Å². The highest BCUT2D eigenvalue weighted by Crippen LogP contribution is 2.28. The molecule has 2 atom stereocenters. The minimum Gasteiger partial charge on any atom is -0.391 e. The fraction of sp³-hybridized carbons (Fsp3) is 0.500. The van der Waals surface area contributed by atoms with Crippen LogP contribution in [0.1, 0.15) is 25.7 Å². The number of nitro benzene ring substituents is 1. The number of nitrogens with one attached hydrogen (secondary N) is 1. The lowest BCUT2D eigenvalue weighted by Gasteiger charge is -2.28. The van der Waals surface area contributed by atoms with Crippen LogP contribution in [0.15, 0.2) is 24.3 Å². The van der Waals surface area contributed by atoms with Crippen LogP contribution in [0.25, 0.3) is 0 Å². The molecule has 1 aromatic carbocycles. The summed E-state index contributed by atoms with van der Waals surface area (Å²) in [6.45, 7) is 0. The molecule has 2 N–H and O–H groups in total. The number of nitrogens with zero attached hydrogens (tertiary/aromatic N) is 1. The van der Waals surface area contributed by atoms with Crippen molar-refractivity contribution >= 4 is 11.4 Å². The lowest BCUT2D eigenvalue weighted by molar-refractivity contribution is -0.384. The maximum absolute atomic E-state index is 10.8. The molecule has 1 aliphatic carbocycles. The second kappa shape index (κ2) is 5.14. The average Bonchev–Trinajstić information content (AvgIpc) is 2.32. The number of benzene rings is 1. The molecule has 1 aromatic rings. The molecule has 1 saturated carbocycles. The molecule has 17 heavy (non-hydrogen) atoms. The molecule has 2 rings (SSSR count). The number of hydrogen-bond acceptors (Lipinski definition) is 4. The van der Waals surface area contributed by atoms with Gasteiger partial charge in [-0.3, -0.25) is 10.1 Å². The Hall–Kier alpha value is -1.62. The maximum Gasteiger partial charge on any atom is 0.292 e. The SMILES string of the molecule is O=[N+]([O-])c1ccccc1N[C@H]1CCCC[C@@H]1O. The number of aliphatic hydroxyl groups excluding tert-OH is 1. The first-order valence-electron chi connectivity index (χ1n) is 5.86. The highest BCUT2D eigenvalue weighted by atomic mass is 16.6. The van der Waals surface area contributed by atoms with Crippen LogP contribution >= 0.6 is 0 Å². The Bertz CT molecular complexity index is 408. The van der Waals surface area contributed by atoms with Crippen LogP contribution in [0, 0.1) is 10.1 Å². The third kappa shape index (κ3) is 2.74. The smallest absolute Gasteiger partial charge is 0.292 e. The van der Waals surface area contributed by atoms with Gasteiger partial charge in [0.25, 0.3) is 5.69 Å². The van der Waals surface area contributed by atoms with Gasteiger partial charge in [0.15, 0.2) is 0 Å². The Morgan fingerprint density at radius 1 is 1.29 bits per heavy atom. The third-order valence-corrected chi connectivity index (χ3v) is 3.17. The number of aliphatic hydroxyl groups is 1. The van der Waals surface area contributed by atoms with Crippen LogP contribution < -0.4 is 5.32 Å². The zero-order chi connectivity index (χ0) is 12.3. The molecule has 0 amide bonds. The molecule has 0 aliphatic heterocycles. The predicted octanol–water partition coefficient (Wildman–Crippen LogP) is 2.31. The van der Waals surface area contributed by atoms with E-state index in [-0.39, 0.29) is 11.7 Å². The van der Waals surface area contributed by atoms with E-state index in [4.69, 9.17) is 0 Å². The summed E-state index contributed by atoms with van der Waals surface area (Å²) in [5.74, 6) is 0. The van der Waals surface area contributed by atoms with Crippen molar-refractivity contribution in [2.24, 2.45) is 0 Å². The summed E-state index contributed by atoms with van der Waals surface area (Å²) < 4.78 is 0. The Morgan fingerprint density at radius 3 is 2.71 bits per heavy atom. The van der Waals surface area contributed by atoms with Crippen molar-refractivity contribution in [1.82, 2.24) is 0 Å². The minimum absolute atomic E-state index is 0.0604. The minimum atomic E-state index is -0.413. The summed E-state index contributed by atoms with van der Waals surface area (Å²) >= 11 is 0. The summed E-state index contributed by atoms with van der Waals surface area (Å²) in [5.41, 5.74) is 0.550. The second-order valence-electron chi connectivity index (χ2n) is 4.38. The van der Waals surface area contributed by atoms with Gasteiger partial charge in [-0.05, 0) is 18.9 Å². The van der Waals surface area contributed by atoms with E-state index in [1.54, 1.807) is 18.2 Å². The van der Waals surface area contributed by atoms with E-state index in [0.717, 1.165) is 25.7 Å². The van der Waals surface area contributed by atoms with Crippen molar-refractivity contribution in [3.05, 3.63) is 34.4 Å². The van der Waals surface area contributed by atoms with Gasteiger partial charge in [-0.25, -0.2) is 0 Å². The molecule has 5 heteroatoms. The number of nitro groups is 1. The van der Waals surface area contributed by atoms with Gasteiger partial charge in [-0.15, -0.1) is 0 Å². The molecule has 0 heterocycles. The first-order chi connectivity index (χ1) is 8.18. The van der Waals surface area contributed by atoms with Crippen molar-refractivity contribution < 1.29 is 10.0 Å². The monoisotopic (exact) mass is 236 g/mol. The molecule has 0 saturated heterocycles. The van der Waals surface area contributed by atoms with E-state index in [1.165, 1.54) is 6.07 Å². The second-order valence-corrected chi connectivity index (χ2v) is 4.38. The molecule has 0 spiro atoms. The van der Waals surface area contributed by atoms with Crippen LogP contribution in [-0.4, -0.2) is 22.2 Å². The van der Waals surface area contributed by atoms with E-state index in [2.05, 4.69) is 5.32 Å². The number of hydrogen-bond donors (Lipinski definition) is 2. The van der Waals surface area contributed by atoms with E-state index in [1.807, 2.05) is 0 Å². The summed E-state index contributed by atoms with van der Waals surface area (Å²) in [5, 5.41) is 23.8. The third-order valence-electron chi connectivity index (χ3n) is 3.17. The summed E-state index contributed by atoms with van der Waals surface area (Å²) in [6, 6.07) is 6.46. The molecule has 92 valence electrons. The van der Waals surface area contributed by atoms with Gasteiger partial charge in [-0.2, -0.15) is 0 Å². The van der Waals surface area contributed by atoms with Crippen molar-refractivity contribution in [2.75, 3.05) is 5.32 Å². The number of anilines is 1. The Kier molecular flexibility index (Phi) is 3.58. The van der Waals surface area contributed by atoms with E-state index < -0.39 is 11.0 Å². The quantitative estimate of drug-likeness (QED) is 0.623. The predicted molar refractivity (Wildman–Crippen MR) is 65.0 cm³/mol. The fourth-order valence-corrected chi connectivity index (χ4v) is 2.23. The van der Waals surface area contributed by atoms with Gasteiger partial charge >= 0.3 is 0 Å². The van der Waals surface area contributed by atoms with Crippen LogP contribution in [0.3, 0.4) is 0 Å². The zero-order valence-corrected chi connectivity index (χ0v) is 9.50. The van der Waals surface area contributed by atoms with Crippen molar-refractivity contribution in [1.29, 1.82) is 0 Å². The Balaban J connectivity index is 2.14. The van der Waals surface area contributed by atoms with Gasteiger partial charge in [0.2, 0.25) is 0 Å². The molecule has 0 aromatic heterocycles. The first-order valence-corrected chi connectivity index (χ1v) is 5.86. The van der Waals surface area contributed by atoms with Crippen LogP contribution in [0.2, 0.25) is 0 Å². The van der Waals surface area contributed by atoms with Crippen molar-refractivity contribution in [2.45, 2.75) is 37.8 Å². The van der Waals surface area contributed by atoms with Crippen molar-refractivity contribution in [3.8, 4) is 0 Å². The molecule has 0 bridgehead atoms. The Morgan fingerprint density at radius 2 is 2.00 bits per heavy atom. The number of rotatable bonds is 3. The van der Waals surface area contributed by atoms with Crippen LogP contribution in [0.4, 0.5) is 11.4 Å². The largest absolute Gasteiger partial charge is 0.391 e. The molecular weight excluding hydrogens is 220 g/mol. The Labute approximate surface area is 99.6 Å². The van der Waals surface area contributed by atoms with Crippen molar-refractivity contribution in [3.63, 3.8) is 0 Å². The van der Waals surface area contributed by atoms with Gasteiger partial charge in [0.05, 0.1) is 17.1 Å². The van der Waals surface area contributed by atoms with Crippen LogP contribution in [-0.2, 0) is 0 Å². The molecular formula is C12H16N2O3. The fourth-order valence-electron chi connectivity index (χ4n) is 2.23. The molecule has 5 nitrogen and oxygen atoms in total. The van der Waals surface area contributed by atoms with E-state index >= 15 is 0 Å². The summed E-state index contributed by atoms with van der Waals surface area (Å²) in [4.78, 5) is 10.4. The highest BCUT2D eigenvalue weighted by molar-refractivity contribution is 5.61.